The molecule has 0 spiro atoms. The van der Waals surface area contributed by atoms with Gasteiger partial charge in [-0.2, -0.15) is 10.2 Å². The number of amides is 1. The van der Waals surface area contributed by atoms with Crippen LogP contribution in [-0.4, -0.2) is 44.0 Å². The average Bonchev–Trinajstić information content (AvgIpc) is 3.37. The predicted molar refractivity (Wildman–Crippen MR) is 98.8 cm³/mol. The summed E-state index contributed by atoms with van der Waals surface area (Å²) in [6.07, 6.45) is 10.7. The first-order valence-corrected chi connectivity index (χ1v) is 9.05. The van der Waals surface area contributed by atoms with Crippen molar-refractivity contribution >= 4 is 5.91 Å². The van der Waals surface area contributed by atoms with Crippen molar-refractivity contribution in [2.75, 3.05) is 13.2 Å². The first-order valence-electron chi connectivity index (χ1n) is 9.05. The maximum Gasteiger partial charge on any atom is 0.255 e. The summed E-state index contributed by atoms with van der Waals surface area (Å²) in [5, 5.41) is 14.3. The zero-order chi connectivity index (χ0) is 18.6. The van der Waals surface area contributed by atoms with Gasteiger partial charge in [-0.3, -0.25) is 19.6 Å². The molecule has 8 heteroatoms. The number of aromatic nitrogens is 5. The van der Waals surface area contributed by atoms with Crippen LogP contribution in [0.5, 0.6) is 0 Å². The fourth-order valence-electron chi connectivity index (χ4n) is 3.53. The summed E-state index contributed by atoms with van der Waals surface area (Å²) in [6, 6.07) is 3.73. The van der Waals surface area contributed by atoms with Gasteiger partial charge in [-0.05, 0) is 25.0 Å². The van der Waals surface area contributed by atoms with Gasteiger partial charge in [0, 0.05) is 62.0 Å². The number of hydrogen-bond acceptors (Lipinski definition) is 5. The summed E-state index contributed by atoms with van der Waals surface area (Å²) in [5.41, 5.74) is 3.02. The quantitative estimate of drug-likeness (QED) is 0.721. The van der Waals surface area contributed by atoms with Crippen LogP contribution < -0.4 is 5.32 Å². The lowest BCUT2D eigenvalue weighted by atomic mass is 9.90. The number of carbonyl (C=O) groups is 1. The first kappa shape index (κ1) is 17.4. The first-order chi connectivity index (χ1) is 13.2. The standard InChI is InChI=1S/C19H22N6O2/c1-25-12-16(17(24-25)13-4-2-6-20-8-13)19(26)21-9-14-5-3-7-27-18(14)15-10-22-23-11-15/h2,4,6,8,10-12,14,18H,3,5,7,9H2,1H3,(H,21,26)(H,22,23)/t14-,18+/m0/s1. The van der Waals surface area contributed by atoms with Crippen LogP contribution in [0.15, 0.2) is 43.1 Å². The number of H-pyrrole nitrogens is 1. The maximum absolute atomic E-state index is 12.8. The second-order valence-electron chi connectivity index (χ2n) is 6.74. The molecule has 1 saturated heterocycles. The number of pyridine rings is 1. The SMILES string of the molecule is Cn1cc(C(=O)NC[C@@H]2CCCO[C@H]2c2cn[nH]c2)c(-c2cccnc2)n1. The third kappa shape index (κ3) is 3.75. The molecule has 2 N–H and O–H groups in total. The summed E-state index contributed by atoms with van der Waals surface area (Å²) in [7, 11) is 1.81. The van der Waals surface area contributed by atoms with E-state index in [1.54, 1.807) is 36.5 Å². The van der Waals surface area contributed by atoms with Gasteiger partial charge in [0.2, 0.25) is 0 Å². The molecule has 4 heterocycles. The third-order valence-electron chi connectivity index (χ3n) is 4.83. The predicted octanol–water partition coefficient (Wildman–Crippen LogP) is 2.10. The molecular formula is C19H22N6O2. The molecule has 4 rings (SSSR count). The molecule has 0 aliphatic carbocycles. The Morgan fingerprint density at radius 1 is 1.44 bits per heavy atom. The van der Waals surface area contributed by atoms with E-state index in [4.69, 9.17) is 4.74 Å². The summed E-state index contributed by atoms with van der Waals surface area (Å²) in [4.78, 5) is 17.0. The molecule has 27 heavy (non-hydrogen) atoms. The number of hydrogen-bond donors (Lipinski definition) is 2. The van der Waals surface area contributed by atoms with Crippen LogP contribution in [0.1, 0.15) is 34.9 Å². The Hall–Kier alpha value is -3.00. The summed E-state index contributed by atoms with van der Waals surface area (Å²) in [6.45, 7) is 1.27. The van der Waals surface area contributed by atoms with Crippen molar-refractivity contribution in [2.45, 2.75) is 18.9 Å². The number of nitrogens with one attached hydrogen (secondary N) is 2. The Bertz CT molecular complexity index is 890. The number of aromatic amines is 1. The molecule has 140 valence electrons. The lowest BCUT2D eigenvalue weighted by Gasteiger charge is -2.31. The Morgan fingerprint density at radius 3 is 3.15 bits per heavy atom. The van der Waals surface area contributed by atoms with E-state index >= 15 is 0 Å². The van der Waals surface area contributed by atoms with Gasteiger partial charge in [0.1, 0.15) is 5.69 Å². The zero-order valence-corrected chi connectivity index (χ0v) is 15.1. The normalized spacial score (nSPS) is 19.7. The molecule has 1 fully saturated rings. The largest absolute Gasteiger partial charge is 0.373 e. The Labute approximate surface area is 157 Å². The van der Waals surface area contributed by atoms with E-state index in [9.17, 15) is 4.79 Å². The number of rotatable bonds is 5. The molecule has 0 saturated carbocycles. The molecule has 1 aliphatic heterocycles. The van der Waals surface area contributed by atoms with Crippen molar-refractivity contribution in [1.29, 1.82) is 0 Å². The lowest BCUT2D eigenvalue weighted by Crippen LogP contribution is -2.35. The minimum absolute atomic E-state index is 0.0514. The molecule has 0 bridgehead atoms. The molecule has 1 amide bonds. The zero-order valence-electron chi connectivity index (χ0n) is 15.1. The molecule has 8 nitrogen and oxygen atoms in total. The van der Waals surface area contributed by atoms with Crippen molar-refractivity contribution in [1.82, 2.24) is 30.3 Å². The molecule has 0 radical (unpaired) electrons. The smallest absolute Gasteiger partial charge is 0.255 e. The number of ether oxygens (including phenoxy) is 1. The summed E-state index contributed by atoms with van der Waals surface area (Å²) in [5.74, 6) is 0.0669. The third-order valence-corrected chi connectivity index (χ3v) is 4.83. The van der Waals surface area contributed by atoms with E-state index < -0.39 is 0 Å². The number of carbonyl (C=O) groups excluding carboxylic acids is 1. The Balaban J connectivity index is 1.48. The molecule has 0 aromatic carbocycles. The van der Waals surface area contributed by atoms with Crippen molar-refractivity contribution in [2.24, 2.45) is 13.0 Å². The van der Waals surface area contributed by atoms with Crippen molar-refractivity contribution in [3.63, 3.8) is 0 Å². The molecular weight excluding hydrogens is 344 g/mol. The maximum atomic E-state index is 12.8. The Morgan fingerprint density at radius 2 is 2.37 bits per heavy atom. The highest BCUT2D eigenvalue weighted by molar-refractivity contribution is 5.99. The minimum Gasteiger partial charge on any atom is -0.373 e. The van der Waals surface area contributed by atoms with E-state index in [1.807, 2.05) is 18.3 Å². The van der Waals surface area contributed by atoms with E-state index in [1.165, 1.54) is 0 Å². The number of nitrogens with zero attached hydrogens (tertiary/aromatic N) is 4. The van der Waals surface area contributed by atoms with Crippen LogP contribution in [-0.2, 0) is 11.8 Å². The van der Waals surface area contributed by atoms with Gasteiger partial charge >= 0.3 is 0 Å². The van der Waals surface area contributed by atoms with Gasteiger partial charge in [0.05, 0.1) is 17.9 Å². The molecule has 3 aromatic rings. The van der Waals surface area contributed by atoms with Gasteiger partial charge < -0.3 is 10.1 Å². The van der Waals surface area contributed by atoms with E-state index in [0.717, 1.165) is 30.6 Å². The Kier molecular flexibility index (Phi) is 4.97. The monoisotopic (exact) mass is 366 g/mol. The lowest BCUT2D eigenvalue weighted by molar-refractivity contribution is -0.0272. The fraction of sp³-hybridized carbons (Fsp3) is 0.368. The summed E-state index contributed by atoms with van der Waals surface area (Å²) >= 11 is 0. The minimum atomic E-state index is -0.140. The van der Waals surface area contributed by atoms with Crippen LogP contribution in [0, 0.1) is 5.92 Å². The summed E-state index contributed by atoms with van der Waals surface area (Å²) < 4.78 is 7.58. The van der Waals surface area contributed by atoms with E-state index in [-0.39, 0.29) is 17.9 Å². The highest BCUT2D eigenvalue weighted by Crippen LogP contribution is 2.32. The van der Waals surface area contributed by atoms with Crippen LogP contribution in [0.2, 0.25) is 0 Å². The van der Waals surface area contributed by atoms with Crippen LogP contribution in [0.25, 0.3) is 11.3 Å². The van der Waals surface area contributed by atoms with E-state index in [0.29, 0.717) is 17.8 Å². The van der Waals surface area contributed by atoms with Gasteiger partial charge in [-0.1, -0.05) is 0 Å². The highest BCUT2D eigenvalue weighted by atomic mass is 16.5. The van der Waals surface area contributed by atoms with Gasteiger partial charge in [-0.25, -0.2) is 0 Å². The second-order valence-corrected chi connectivity index (χ2v) is 6.74. The second kappa shape index (κ2) is 7.71. The van der Waals surface area contributed by atoms with Gasteiger partial charge in [0.25, 0.3) is 5.91 Å². The van der Waals surface area contributed by atoms with Crippen LogP contribution >= 0.6 is 0 Å². The molecule has 1 aliphatic rings. The van der Waals surface area contributed by atoms with Crippen LogP contribution in [0.4, 0.5) is 0 Å². The fourth-order valence-corrected chi connectivity index (χ4v) is 3.53. The topological polar surface area (TPSA) is 97.7 Å². The van der Waals surface area contributed by atoms with Crippen molar-refractivity contribution < 1.29 is 9.53 Å². The number of aryl methyl sites for hydroxylation is 1. The molecule has 0 unspecified atom stereocenters. The van der Waals surface area contributed by atoms with E-state index in [2.05, 4.69) is 25.6 Å². The highest BCUT2D eigenvalue weighted by Gasteiger charge is 2.29. The average molecular weight is 366 g/mol. The van der Waals surface area contributed by atoms with Crippen molar-refractivity contribution in [3.8, 4) is 11.3 Å². The molecule has 2 atom stereocenters. The molecule has 3 aromatic heterocycles. The van der Waals surface area contributed by atoms with Crippen molar-refractivity contribution in [3.05, 3.63) is 54.2 Å². The van der Waals surface area contributed by atoms with Gasteiger partial charge in [0.15, 0.2) is 0 Å². The van der Waals surface area contributed by atoms with Gasteiger partial charge in [-0.15, -0.1) is 0 Å². The van der Waals surface area contributed by atoms with Crippen LogP contribution in [0.3, 0.4) is 0 Å².